The smallest absolute Gasteiger partial charge is 0.129 e. The van der Waals surface area contributed by atoms with Crippen LogP contribution in [0.5, 0.6) is 0 Å². The van der Waals surface area contributed by atoms with Crippen LogP contribution in [0.25, 0.3) is 4.91 Å². The number of nitriles is 2. The molecular formula is C17H10ClN3S. The van der Waals surface area contributed by atoms with Crippen LogP contribution in [0.2, 0.25) is 5.02 Å². The fourth-order valence-electron chi connectivity index (χ4n) is 1.58. The van der Waals surface area contributed by atoms with Crippen molar-refractivity contribution >= 4 is 28.3 Å². The molecule has 0 radical (unpaired) electrons. The number of halogens is 1. The third-order valence-electron chi connectivity index (χ3n) is 2.62. The summed E-state index contributed by atoms with van der Waals surface area (Å²) in [4.78, 5) is 5.15. The molecule has 0 aliphatic heterocycles. The van der Waals surface area contributed by atoms with Crippen LogP contribution in [0.15, 0.2) is 71.4 Å². The molecule has 0 aliphatic carbocycles. The fourth-order valence-corrected chi connectivity index (χ4v) is 2.58. The first-order valence-electron chi connectivity index (χ1n) is 6.30. The normalized spacial score (nSPS) is 10.4. The molecule has 1 heterocycles. The summed E-state index contributed by atoms with van der Waals surface area (Å²) in [6, 6.07) is 16.7. The number of rotatable bonds is 4. The van der Waals surface area contributed by atoms with E-state index in [2.05, 4.69) is 4.98 Å². The van der Waals surface area contributed by atoms with E-state index >= 15 is 0 Å². The minimum atomic E-state index is 0.0492. The van der Waals surface area contributed by atoms with Gasteiger partial charge in [-0.25, -0.2) is 4.98 Å². The zero-order chi connectivity index (χ0) is 15.8. The van der Waals surface area contributed by atoms with Crippen LogP contribution < -0.4 is 0 Å². The van der Waals surface area contributed by atoms with Gasteiger partial charge in [0.15, 0.2) is 0 Å². The minimum Gasteiger partial charge on any atom is -0.250 e. The van der Waals surface area contributed by atoms with Gasteiger partial charge in [-0.1, -0.05) is 41.6 Å². The van der Waals surface area contributed by atoms with Crippen molar-refractivity contribution < 1.29 is 0 Å². The van der Waals surface area contributed by atoms with Crippen molar-refractivity contribution in [3.05, 3.63) is 77.0 Å². The van der Waals surface area contributed by atoms with E-state index in [1.54, 1.807) is 24.4 Å². The van der Waals surface area contributed by atoms with Crippen molar-refractivity contribution in [1.29, 1.82) is 10.5 Å². The molecule has 0 unspecified atom stereocenters. The highest BCUT2D eigenvalue weighted by Crippen LogP contribution is 2.33. The second-order valence-corrected chi connectivity index (χ2v) is 5.61. The summed E-state index contributed by atoms with van der Waals surface area (Å²) in [6.07, 6.45) is 4.96. The van der Waals surface area contributed by atoms with Gasteiger partial charge in [-0.2, -0.15) is 10.5 Å². The van der Waals surface area contributed by atoms with E-state index in [9.17, 15) is 0 Å². The van der Waals surface area contributed by atoms with Crippen LogP contribution in [-0.2, 0) is 0 Å². The molecule has 0 saturated carbocycles. The fraction of sp³-hybridized carbons (Fsp3) is 0. The van der Waals surface area contributed by atoms with Gasteiger partial charge in [0.2, 0.25) is 0 Å². The Kier molecular flexibility index (Phi) is 5.80. The zero-order valence-corrected chi connectivity index (χ0v) is 13.0. The van der Waals surface area contributed by atoms with Gasteiger partial charge in [0.25, 0.3) is 0 Å². The Labute approximate surface area is 138 Å². The molecule has 0 saturated heterocycles. The predicted octanol–water partition coefficient (Wildman–Crippen LogP) is 4.84. The summed E-state index contributed by atoms with van der Waals surface area (Å²) in [5.41, 5.74) is 0.986. The van der Waals surface area contributed by atoms with E-state index in [1.165, 1.54) is 17.8 Å². The zero-order valence-electron chi connectivity index (χ0n) is 11.4. The van der Waals surface area contributed by atoms with E-state index in [0.717, 1.165) is 15.5 Å². The van der Waals surface area contributed by atoms with E-state index < -0.39 is 0 Å². The number of hydrogen-bond acceptors (Lipinski definition) is 4. The molecular weight excluding hydrogens is 314 g/mol. The molecule has 0 fully saturated rings. The Hall–Kier alpha value is -2.53. The van der Waals surface area contributed by atoms with Crippen molar-refractivity contribution in [3.63, 3.8) is 0 Å². The second-order valence-electron chi connectivity index (χ2n) is 4.11. The Morgan fingerprint density at radius 2 is 1.77 bits per heavy atom. The van der Waals surface area contributed by atoms with Crippen molar-refractivity contribution in [2.75, 3.05) is 0 Å². The molecule has 0 N–H and O–H groups in total. The molecule has 2 aromatic rings. The van der Waals surface area contributed by atoms with Crippen LogP contribution in [0.1, 0.15) is 5.56 Å². The SMILES string of the molecule is N#CC(C#N)=CC=C(Sc1ccccn1)c1ccc(Cl)cc1. The number of pyridine rings is 1. The van der Waals surface area contributed by atoms with Gasteiger partial charge in [-0.05, 0) is 42.0 Å². The summed E-state index contributed by atoms with van der Waals surface area (Å²) >= 11 is 7.37. The number of thioether (sulfide) groups is 1. The van der Waals surface area contributed by atoms with E-state index in [0.29, 0.717) is 5.02 Å². The average molecular weight is 324 g/mol. The largest absolute Gasteiger partial charge is 0.250 e. The molecule has 0 amide bonds. The molecule has 0 atom stereocenters. The monoisotopic (exact) mass is 323 g/mol. The summed E-state index contributed by atoms with van der Waals surface area (Å²) in [6.45, 7) is 0. The van der Waals surface area contributed by atoms with E-state index in [1.807, 2.05) is 42.5 Å². The average Bonchev–Trinajstić information content (AvgIpc) is 2.56. The summed E-state index contributed by atoms with van der Waals surface area (Å²) in [7, 11) is 0. The van der Waals surface area contributed by atoms with Gasteiger partial charge >= 0.3 is 0 Å². The standard InChI is InChI=1S/C17H10ClN3S/c18-15-7-5-14(6-8-15)16(9-4-13(11-19)12-20)22-17-3-1-2-10-21-17/h1-10H. The summed E-state index contributed by atoms with van der Waals surface area (Å²) < 4.78 is 0. The van der Waals surface area contributed by atoms with Crippen LogP contribution >= 0.6 is 23.4 Å². The van der Waals surface area contributed by atoms with Crippen LogP contribution in [0.4, 0.5) is 0 Å². The highest BCUT2D eigenvalue weighted by Gasteiger charge is 2.05. The van der Waals surface area contributed by atoms with Gasteiger partial charge in [0, 0.05) is 16.1 Å². The highest BCUT2D eigenvalue weighted by atomic mass is 35.5. The Balaban J connectivity index is 2.39. The van der Waals surface area contributed by atoms with Crippen LogP contribution in [0, 0.1) is 22.7 Å². The highest BCUT2D eigenvalue weighted by molar-refractivity contribution is 8.08. The Bertz CT molecular complexity index is 765. The van der Waals surface area contributed by atoms with Gasteiger partial charge in [0.1, 0.15) is 22.7 Å². The van der Waals surface area contributed by atoms with Gasteiger partial charge < -0.3 is 0 Å². The van der Waals surface area contributed by atoms with Crippen molar-refractivity contribution in [2.45, 2.75) is 5.03 Å². The molecule has 0 aliphatic rings. The first kappa shape index (κ1) is 15.9. The predicted molar refractivity (Wildman–Crippen MR) is 88.8 cm³/mol. The van der Waals surface area contributed by atoms with Crippen LogP contribution in [-0.4, -0.2) is 4.98 Å². The van der Waals surface area contributed by atoms with Gasteiger partial charge in [0.05, 0.1) is 0 Å². The van der Waals surface area contributed by atoms with Crippen molar-refractivity contribution in [2.24, 2.45) is 0 Å². The maximum atomic E-state index is 8.83. The second kappa shape index (κ2) is 8.05. The number of allylic oxidation sites excluding steroid dienone is 3. The van der Waals surface area contributed by atoms with E-state index in [-0.39, 0.29) is 5.57 Å². The number of hydrogen-bond donors (Lipinski definition) is 0. The lowest BCUT2D eigenvalue weighted by molar-refractivity contribution is 1.14. The lowest BCUT2D eigenvalue weighted by Crippen LogP contribution is -1.83. The van der Waals surface area contributed by atoms with Crippen molar-refractivity contribution in [3.8, 4) is 12.1 Å². The molecule has 5 heteroatoms. The molecule has 0 spiro atoms. The van der Waals surface area contributed by atoms with Gasteiger partial charge in [-0.15, -0.1) is 0 Å². The first-order chi connectivity index (χ1) is 10.7. The molecule has 1 aromatic carbocycles. The van der Waals surface area contributed by atoms with Crippen LogP contribution in [0.3, 0.4) is 0 Å². The molecule has 106 valence electrons. The topological polar surface area (TPSA) is 60.5 Å². The number of aromatic nitrogens is 1. The number of benzene rings is 1. The molecule has 2 rings (SSSR count). The van der Waals surface area contributed by atoms with Crippen molar-refractivity contribution in [1.82, 2.24) is 4.98 Å². The third kappa shape index (κ3) is 4.49. The van der Waals surface area contributed by atoms with E-state index in [4.69, 9.17) is 22.1 Å². The molecule has 3 nitrogen and oxygen atoms in total. The van der Waals surface area contributed by atoms with Gasteiger partial charge in [-0.3, -0.25) is 0 Å². The summed E-state index contributed by atoms with van der Waals surface area (Å²) in [5.74, 6) is 0. The lowest BCUT2D eigenvalue weighted by Gasteiger charge is -2.06. The molecule has 0 bridgehead atoms. The minimum absolute atomic E-state index is 0.0492. The Morgan fingerprint density at radius 1 is 1.05 bits per heavy atom. The third-order valence-corrected chi connectivity index (χ3v) is 3.92. The lowest BCUT2D eigenvalue weighted by atomic mass is 10.2. The maximum absolute atomic E-state index is 8.83. The maximum Gasteiger partial charge on any atom is 0.129 e. The first-order valence-corrected chi connectivity index (χ1v) is 7.49. The molecule has 1 aromatic heterocycles. The Morgan fingerprint density at radius 3 is 2.36 bits per heavy atom. The molecule has 22 heavy (non-hydrogen) atoms. The number of nitrogens with zero attached hydrogens (tertiary/aromatic N) is 3. The quantitative estimate of drug-likeness (QED) is 0.459. The summed E-state index contributed by atoms with van der Waals surface area (Å²) in [5, 5.41) is 19.1.